The molecule has 6 nitrogen and oxygen atoms in total. The number of aromatic nitrogens is 2. The highest BCUT2D eigenvalue weighted by molar-refractivity contribution is 5.94. The van der Waals surface area contributed by atoms with Crippen molar-refractivity contribution in [2.45, 2.75) is 12.8 Å². The summed E-state index contributed by atoms with van der Waals surface area (Å²) in [6.07, 6.45) is 6.48. The minimum Gasteiger partial charge on any atom is -0.494 e. The third kappa shape index (κ3) is 4.10. The Balaban J connectivity index is 1.85. The van der Waals surface area contributed by atoms with Crippen LogP contribution in [0.1, 0.15) is 17.7 Å². The summed E-state index contributed by atoms with van der Waals surface area (Å²) in [6.45, 7) is 4.34. The third-order valence-electron chi connectivity index (χ3n) is 5.36. The maximum Gasteiger partial charge on any atom is 0.246 e. The Kier molecular flexibility index (Phi) is 5.62. The van der Waals surface area contributed by atoms with Crippen molar-refractivity contribution in [3.63, 3.8) is 0 Å². The quantitative estimate of drug-likeness (QED) is 0.588. The average Bonchev–Trinajstić information content (AvgIpc) is 3.12. The van der Waals surface area contributed by atoms with Crippen LogP contribution < -0.4 is 10.1 Å². The number of amides is 1. The smallest absolute Gasteiger partial charge is 0.246 e. The van der Waals surface area contributed by atoms with Gasteiger partial charge in [0.05, 0.1) is 24.7 Å². The number of H-pyrrole nitrogens is 1. The van der Waals surface area contributed by atoms with Gasteiger partial charge in [-0.3, -0.25) is 9.78 Å². The minimum absolute atomic E-state index is 0.0172. The van der Waals surface area contributed by atoms with Crippen molar-refractivity contribution in [3.8, 4) is 17.0 Å². The molecule has 1 aromatic carbocycles. The van der Waals surface area contributed by atoms with Gasteiger partial charge in [-0.1, -0.05) is 30.4 Å². The largest absolute Gasteiger partial charge is 0.494 e. The molecule has 31 heavy (non-hydrogen) atoms. The highest BCUT2D eigenvalue weighted by Gasteiger charge is 2.27. The number of aromatic amines is 1. The van der Waals surface area contributed by atoms with Crippen LogP contribution >= 0.6 is 0 Å². The molecule has 0 bridgehead atoms. The van der Waals surface area contributed by atoms with E-state index < -0.39 is 0 Å². The number of nitrogens with one attached hydrogen (secondary N) is 2. The molecule has 0 saturated carbocycles. The van der Waals surface area contributed by atoms with E-state index in [-0.39, 0.29) is 5.91 Å². The van der Waals surface area contributed by atoms with E-state index in [0.717, 1.165) is 45.0 Å². The van der Waals surface area contributed by atoms with Crippen LogP contribution in [0.3, 0.4) is 0 Å². The maximum atomic E-state index is 12.2. The molecule has 0 saturated heterocycles. The molecule has 1 aliphatic carbocycles. The average molecular weight is 415 g/mol. The number of ether oxygens (including phenoxy) is 1. The van der Waals surface area contributed by atoms with E-state index in [9.17, 15) is 4.79 Å². The summed E-state index contributed by atoms with van der Waals surface area (Å²) in [5, 5.41) is 3.57. The van der Waals surface area contributed by atoms with Crippen LogP contribution in [0.2, 0.25) is 0 Å². The number of rotatable bonds is 5. The van der Waals surface area contributed by atoms with Gasteiger partial charge in [0.2, 0.25) is 5.91 Å². The van der Waals surface area contributed by atoms with Gasteiger partial charge in [0, 0.05) is 55.3 Å². The van der Waals surface area contributed by atoms with Crippen LogP contribution in [0.5, 0.6) is 5.75 Å². The van der Waals surface area contributed by atoms with Gasteiger partial charge in [0.1, 0.15) is 5.75 Å². The second-order valence-corrected chi connectivity index (χ2v) is 7.79. The topological polar surface area (TPSA) is 70.2 Å². The fraction of sp³-hybridized carbons (Fsp3) is 0.200. The summed E-state index contributed by atoms with van der Waals surface area (Å²) in [5.74, 6) is 0.665. The van der Waals surface area contributed by atoms with Gasteiger partial charge in [-0.2, -0.15) is 0 Å². The Labute approximate surface area is 182 Å². The van der Waals surface area contributed by atoms with Gasteiger partial charge in [-0.15, -0.1) is 0 Å². The summed E-state index contributed by atoms with van der Waals surface area (Å²) < 4.78 is 5.57. The molecular weight excluding hydrogens is 388 g/mol. The number of methoxy groups -OCH3 is 1. The second-order valence-electron chi connectivity index (χ2n) is 7.79. The number of benzene rings is 1. The number of allylic oxidation sites excluding steroid dienone is 2. The molecule has 0 spiro atoms. The minimum atomic E-state index is -0.0172. The van der Waals surface area contributed by atoms with E-state index in [1.807, 2.05) is 36.4 Å². The Morgan fingerprint density at radius 3 is 2.71 bits per heavy atom. The normalized spacial score (nSPS) is 14.3. The summed E-state index contributed by atoms with van der Waals surface area (Å²) in [7, 11) is 5.15. The van der Waals surface area contributed by atoms with Crippen molar-refractivity contribution in [1.82, 2.24) is 14.9 Å². The van der Waals surface area contributed by atoms with E-state index in [4.69, 9.17) is 4.74 Å². The lowest BCUT2D eigenvalue weighted by Gasteiger charge is -2.20. The molecule has 4 rings (SSSR count). The monoisotopic (exact) mass is 414 g/mol. The van der Waals surface area contributed by atoms with E-state index in [2.05, 4.69) is 21.9 Å². The summed E-state index contributed by atoms with van der Waals surface area (Å²) >= 11 is 0. The van der Waals surface area contributed by atoms with Crippen LogP contribution in [0.4, 0.5) is 11.4 Å². The molecule has 2 aromatic heterocycles. The predicted molar refractivity (Wildman–Crippen MR) is 124 cm³/mol. The number of likely N-dealkylation sites (N-methyl/N-ethyl adjacent to an activating group) is 1. The fourth-order valence-corrected chi connectivity index (χ4v) is 3.87. The molecule has 3 aromatic rings. The Morgan fingerprint density at radius 1 is 1.23 bits per heavy atom. The van der Waals surface area contributed by atoms with Gasteiger partial charge in [-0.05, 0) is 30.2 Å². The molecule has 158 valence electrons. The van der Waals surface area contributed by atoms with E-state index >= 15 is 0 Å². The Bertz CT molecular complexity index is 1160. The highest BCUT2D eigenvalue weighted by atomic mass is 16.5. The number of anilines is 2. The number of carbonyl (C=O) groups is 1. The van der Waals surface area contributed by atoms with Crippen molar-refractivity contribution < 1.29 is 9.53 Å². The van der Waals surface area contributed by atoms with Crippen LogP contribution in [0.25, 0.3) is 16.8 Å². The zero-order valence-electron chi connectivity index (χ0n) is 18.0. The van der Waals surface area contributed by atoms with Crippen molar-refractivity contribution in [2.24, 2.45) is 0 Å². The van der Waals surface area contributed by atoms with Gasteiger partial charge >= 0.3 is 0 Å². The molecule has 2 heterocycles. The Morgan fingerprint density at radius 2 is 2.00 bits per heavy atom. The van der Waals surface area contributed by atoms with Crippen LogP contribution in [-0.2, 0) is 11.2 Å². The first kappa shape index (κ1) is 20.5. The molecule has 0 radical (unpaired) electrons. The highest BCUT2D eigenvalue weighted by Crippen LogP contribution is 2.45. The lowest BCUT2D eigenvalue weighted by molar-refractivity contribution is -0.123. The van der Waals surface area contributed by atoms with Crippen LogP contribution in [0.15, 0.2) is 67.0 Å². The fourth-order valence-electron chi connectivity index (χ4n) is 3.87. The van der Waals surface area contributed by atoms with Crippen molar-refractivity contribution in [1.29, 1.82) is 0 Å². The van der Waals surface area contributed by atoms with Gasteiger partial charge in [0.15, 0.2) is 0 Å². The number of hydrogen-bond donors (Lipinski definition) is 2. The number of pyridine rings is 1. The number of nitrogens with zero attached hydrogens (tertiary/aromatic N) is 2. The lowest BCUT2D eigenvalue weighted by Crippen LogP contribution is -2.20. The van der Waals surface area contributed by atoms with E-state index in [1.165, 1.54) is 0 Å². The predicted octanol–water partition coefficient (Wildman–Crippen LogP) is 4.80. The molecule has 0 unspecified atom stereocenters. The number of carbonyl (C=O) groups excluding carboxylic acids is 1. The van der Waals surface area contributed by atoms with Crippen molar-refractivity contribution in [2.75, 3.05) is 26.5 Å². The van der Waals surface area contributed by atoms with Gasteiger partial charge < -0.3 is 19.9 Å². The summed E-state index contributed by atoms with van der Waals surface area (Å²) in [6, 6.07) is 12.0. The summed E-state index contributed by atoms with van der Waals surface area (Å²) in [4.78, 5) is 21.6. The van der Waals surface area contributed by atoms with Crippen LogP contribution in [-0.4, -0.2) is 42.0 Å². The first-order chi connectivity index (χ1) is 15.0. The van der Waals surface area contributed by atoms with Crippen LogP contribution in [0, 0.1) is 0 Å². The molecule has 2 N–H and O–H groups in total. The lowest BCUT2D eigenvalue weighted by atomic mass is 9.88. The molecule has 1 amide bonds. The van der Waals surface area contributed by atoms with E-state index in [0.29, 0.717) is 18.6 Å². The first-order valence-corrected chi connectivity index (χ1v) is 10.1. The number of hydrogen-bond acceptors (Lipinski definition) is 4. The molecule has 1 aliphatic rings. The van der Waals surface area contributed by atoms with E-state index in [1.54, 1.807) is 44.6 Å². The third-order valence-corrected chi connectivity index (χ3v) is 5.36. The molecule has 6 heteroatoms. The molecular formula is C25H26N4O2. The van der Waals surface area contributed by atoms with Gasteiger partial charge in [0.25, 0.3) is 0 Å². The molecule has 0 atom stereocenters. The zero-order chi connectivity index (χ0) is 22.0. The molecule has 0 aliphatic heterocycles. The Hall–Kier alpha value is -3.80. The van der Waals surface area contributed by atoms with Gasteiger partial charge in [-0.25, -0.2) is 0 Å². The van der Waals surface area contributed by atoms with Crippen molar-refractivity contribution in [3.05, 3.63) is 78.3 Å². The number of para-hydroxylation sites is 1. The first-order valence-electron chi connectivity index (χ1n) is 10.1. The SMILES string of the molecule is C=C1C/C(=C/C(=O)N(C)C)Cc2[nH]c(-c3ccncc3OC)c(Nc3ccccc3)c21. The number of fused-ring (bicyclic) bond motifs is 1. The second kappa shape index (κ2) is 8.52. The van der Waals surface area contributed by atoms with Crippen molar-refractivity contribution >= 4 is 22.9 Å². The summed E-state index contributed by atoms with van der Waals surface area (Å²) in [5.41, 5.74) is 7.85. The standard InChI is InChI=1S/C25H26N4O2/c1-16-12-17(14-22(30)29(2)3)13-20-23(16)25(27-18-8-6-5-7-9-18)24(28-20)19-10-11-26-15-21(19)31-4/h5-11,14-15,27-28H,1,12-13H2,2-4H3/b17-14-. The zero-order valence-corrected chi connectivity index (χ0v) is 18.0. The maximum absolute atomic E-state index is 12.2. The molecule has 0 fully saturated rings.